The van der Waals surface area contributed by atoms with Crippen LogP contribution in [0.4, 0.5) is 0 Å². The molecule has 0 radical (unpaired) electrons. The quantitative estimate of drug-likeness (QED) is 0.583. The van der Waals surface area contributed by atoms with Gasteiger partial charge in [0.05, 0.1) is 0 Å². The molecule has 0 bridgehead atoms. The molecule has 0 aromatic heterocycles. The van der Waals surface area contributed by atoms with Gasteiger partial charge >= 0.3 is 0 Å². The molecule has 0 aliphatic rings. The summed E-state index contributed by atoms with van der Waals surface area (Å²) in [5.41, 5.74) is 0.0745. The van der Waals surface area contributed by atoms with Gasteiger partial charge < -0.3 is 5.11 Å². The fourth-order valence-electron chi connectivity index (χ4n) is 0.372. The number of terminal acetylenes is 1. The highest BCUT2D eigenvalue weighted by Crippen LogP contribution is 2.09. The number of hydrogen-bond acceptors (Lipinski definition) is 1. The molecule has 0 saturated heterocycles. The molecule has 1 atom stereocenters. The van der Waals surface area contributed by atoms with Crippen LogP contribution in [0.5, 0.6) is 0 Å². The van der Waals surface area contributed by atoms with Crippen molar-refractivity contribution >= 4 is 11.6 Å². The highest BCUT2D eigenvalue weighted by molar-refractivity contribution is 6.25. The highest BCUT2D eigenvalue weighted by Gasteiger charge is 2.15. The lowest BCUT2D eigenvalue weighted by Crippen LogP contribution is -2.20. The molecular weight excluding hydrogens is 136 g/mol. The van der Waals surface area contributed by atoms with Crippen LogP contribution in [-0.2, 0) is 0 Å². The molecule has 1 unspecified atom stereocenters. The molecule has 0 aromatic rings. The lowest BCUT2D eigenvalue weighted by molar-refractivity contribution is 0.149. The topological polar surface area (TPSA) is 20.2 Å². The summed E-state index contributed by atoms with van der Waals surface area (Å²) < 4.78 is 0. The molecule has 1 N–H and O–H groups in total. The van der Waals surface area contributed by atoms with E-state index in [1.54, 1.807) is 6.92 Å². The summed E-state index contributed by atoms with van der Waals surface area (Å²) in [4.78, 5) is 0. The Morgan fingerprint density at radius 3 is 2.56 bits per heavy atom. The Labute approximate surface area is 60.3 Å². The molecule has 0 amide bonds. The van der Waals surface area contributed by atoms with Crippen molar-refractivity contribution in [3.05, 3.63) is 11.6 Å². The van der Waals surface area contributed by atoms with E-state index in [2.05, 4.69) is 5.92 Å². The van der Waals surface area contributed by atoms with Crippen molar-refractivity contribution in [2.24, 2.45) is 0 Å². The first-order valence-electron chi connectivity index (χ1n) is 2.66. The van der Waals surface area contributed by atoms with Crippen LogP contribution in [0.2, 0.25) is 0 Å². The first kappa shape index (κ1) is 8.55. The standard InChI is InChI=1S/C7H9ClO/c1-3-7(9,4-2)5-6-8/h1,5-6,9H,4H2,2H3/b6-5-. The molecular formula is C7H9ClO. The number of halogens is 1. The molecule has 9 heavy (non-hydrogen) atoms. The van der Waals surface area contributed by atoms with Crippen LogP contribution in [0.15, 0.2) is 11.6 Å². The van der Waals surface area contributed by atoms with Crippen molar-refractivity contribution in [2.45, 2.75) is 18.9 Å². The molecule has 1 nitrogen and oxygen atoms in total. The maximum atomic E-state index is 9.22. The first-order valence-corrected chi connectivity index (χ1v) is 3.10. The summed E-state index contributed by atoms with van der Waals surface area (Å²) in [6, 6.07) is 0. The molecule has 0 spiro atoms. The summed E-state index contributed by atoms with van der Waals surface area (Å²) in [5, 5.41) is 9.22. The molecule has 0 heterocycles. The van der Waals surface area contributed by atoms with Crippen LogP contribution in [-0.4, -0.2) is 10.7 Å². The van der Waals surface area contributed by atoms with Crippen molar-refractivity contribution in [3.8, 4) is 12.3 Å². The monoisotopic (exact) mass is 144 g/mol. The largest absolute Gasteiger partial charge is 0.374 e. The minimum Gasteiger partial charge on any atom is -0.374 e. The van der Waals surface area contributed by atoms with E-state index < -0.39 is 5.60 Å². The van der Waals surface area contributed by atoms with Crippen LogP contribution >= 0.6 is 11.6 Å². The fourth-order valence-corrected chi connectivity index (χ4v) is 0.581. The third-order valence-electron chi connectivity index (χ3n) is 1.13. The predicted octanol–water partition coefficient (Wildman–Crippen LogP) is 1.51. The molecule has 0 aliphatic carbocycles. The minimum atomic E-state index is -1.15. The van der Waals surface area contributed by atoms with Crippen LogP contribution in [0.1, 0.15) is 13.3 Å². The Balaban J connectivity index is 4.14. The van der Waals surface area contributed by atoms with E-state index in [4.69, 9.17) is 18.0 Å². The molecule has 0 aromatic carbocycles. The SMILES string of the molecule is C#CC(O)(/C=C\Cl)CC. The smallest absolute Gasteiger partial charge is 0.144 e. The van der Waals surface area contributed by atoms with Gasteiger partial charge in [-0.25, -0.2) is 0 Å². The van der Waals surface area contributed by atoms with Crippen molar-refractivity contribution in [3.63, 3.8) is 0 Å². The van der Waals surface area contributed by atoms with Gasteiger partial charge in [0.25, 0.3) is 0 Å². The second kappa shape index (κ2) is 3.55. The summed E-state index contributed by atoms with van der Waals surface area (Å²) in [6.45, 7) is 1.79. The van der Waals surface area contributed by atoms with Crippen molar-refractivity contribution in [2.75, 3.05) is 0 Å². The Kier molecular flexibility index (Phi) is 3.37. The lowest BCUT2D eigenvalue weighted by Gasteiger charge is -2.12. The maximum Gasteiger partial charge on any atom is 0.144 e. The van der Waals surface area contributed by atoms with E-state index in [-0.39, 0.29) is 0 Å². The number of aliphatic hydroxyl groups is 1. The van der Waals surface area contributed by atoms with Crippen LogP contribution < -0.4 is 0 Å². The second-order valence-electron chi connectivity index (χ2n) is 1.71. The number of hydrogen-bond donors (Lipinski definition) is 1. The average Bonchev–Trinajstić information content (AvgIpc) is 1.89. The van der Waals surface area contributed by atoms with Gasteiger partial charge in [0.1, 0.15) is 5.60 Å². The van der Waals surface area contributed by atoms with Crippen LogP contribution in [0.25, 0.3) is 0 Å². The highest BCUT2D eigenvalue weighted by atomic mass is 35.5. The third kappa shape index (κ3) is 2.55. The molecule has 50 valence electrons. The maximum absolute atomic E-state index is 9.22. The summed E-state index contributed by atoms with van der Waals surface area (Å²) in [6.07, 6.45) is 6.86. The molecule has 0 rings (SSSR count). The summed E-state index contributed by atoms with van der Waals surface area (Å²) in [5.74, 6) is 2.21. The van der Waals surface area contributed by atoms with E-state index in [1.807, 2.05) is 0 Å². The normalized spacial score (nSPS) is 17.1. The van der Waals surface area contributed by atoms with Crippen LogP contribution in [0.3, 0.4) is 0 Å². The van der Waals surface area contributed by atoms with Crippen molar-refractivity contribution in [1.82, 2.24) is 0 Å². The Hall–Kier alpha value is -0.450. The van der Waals surface area contributed by atoms with E-state index in [9.17, 15) is 5.11 Å². The van der Waals surface area contributed by atoms with Gasteiger partial charge in [-0.2, -0.15) is 0 Å². The zero-order chi connectivity index (χ0) is 7.33. The summed E-state index contributed by atoms with van der Waals surface area (Å²) in [7, 11) is 0. The van der Waals surface area contributed by atoms with Crippen molar-refractivity contribution < 1.29 is 5.11 Å². The molecule has 0 saturated carbocycles. The second-order valence-corrected chi connectivity index (χ2v) is 1.97. The summed E-state index contributed by atoms with van der Waals surface area (Å²) >= 11 is 5.21. The average molecular weight is 145 g/mol. The lowest BCUT2D eigenvalue weighted by atomic mass is 10.0. The van der Waals surface area contributed by atoms with E-state index >= 15 is 0 Å². The van der Waals surface area contributed by atoms with Gasteiger partial charge in [0, 0.05) is 5.54 Å². The molecule has 0 aliphatic heterocycles. The Morgan fingerprint density at radius 2 is 2.44 bits per heavy atom. The fraction of sp³-hybridized carbons (Fsp3) is 0.429. The Morgan fingerprint density at radius 1 is 1.89 bits per heavy atom. The van der Waals surface area contributed by atoms with Gasteiger partial charge in [-0.05, 0) is 12.5 Å². The number of rotatable bonds is 2. The predicted molar refractivity (Wildman–Crippen MR) is 39.1 cm³/mol. The van der Waals surface area contributed by atoms with Crippen LogP contribution in [0, 0.1) is 12.3 Å². The van der Waals surface area contributed by atoms with Crippen molar-refractivity contribution in [1.29, 1.82) is 0 Å². The molecule has 2 heteroatoms. The minimum absolute atomic E-state index is 0.479. The van der Waals surface area contributed by atoms with Gasteiger partial charge in [-0.15, -0.1) is 6.42 Å². The van der Waals surface area contributed by atoms with Gasteiger partial charge in [0.15, 0.2) is 0 Å². The van der Waals surface area contributed by atoms with Gasteiger partial charge in [-0.3, -0.25) is 0 Å². The molecule has 0 fully saturated rings. The van der Waals surface area contributed by atoms with E-state index in [0.717, 1.165) is 0 Å². The van der Waals surface area contributed by atoms with E-state index in [1.165, 1.54) is 11.6 Å². The van der Waals surface area contributed by atoms with Gasteiger partial charge in [0.2, 0.25) is 0 Å². The first-order chi connectivity index (χ1) is 4.18. The van der Waals surface area contributed by atoms with E-state index in [0.29, 0.717) is 6.42 Å². The third-order valence-corrected chi connectivity index (χ3v) is 1.25. The zero-order valence-corrected chi connectivity index (χ0v) is 6.02. The Bertz CT molecular complexity index is 145. The zero-order valence-electron chi connectivity index (χ0n) is 5.26. The van der Waals surface area contributed by atoms with Gasteiger partial charge in [-0.1, -0.05) is 24.4 Å².